The second-order valence-electron chi connectivity index (χ2n) is 9.65. The highest BCUT2D eigenvalue weighted by Crippen LogP contribution is 2.35. The molecule has 0 spiro atoms. The van der Waals surface area contributed by atoms with Crippen molar-refractivity contribution >= 4 is 22.5 Å². The molecular weight excluding hydrogens is 455 g/mol. The molecule has 0 aliphatic heterocycles. The minimum Gasteiger partial charge on any atom is -0.386 e. The Labute approximate surface area is 204 Å². The van der Waals surface area contributed by atoms with Crippen LogP contribution in [0.2, 0.25) is 0 Å². The molecule has 2 N–H and O–H groups in total. The summed E-state index contributed by atoms with van der Waals surface area (Å²) >= 11 is 0. The molecule has 0 saturated heterocycles. The first-order valence-electron chi connectivity index (χ1n) is 12.2. The number of amides is 1. The first-order chi connectivity index (χ1) is 16.4. The van der Waals surface area contributed by atoms with Gasteiger partial charge in [0.25, 0.3) is 5.91 Å². The van der Waals surface area contributed by atoms with Crippen molar-refractivity contribution in [2.75, 3.05) is 5.32 Å². The number of rotatable bonds is 4. The Hall–Kier alpha value is -2.87. The molecule has 4 rings (SSSR count). The van der Waals surface area contributed by atoms with Gasteiger partial charge in [-0.05, 0) is 63.1 Å². The lowest BCUT2D eigenvalue weighted by molar-refractivity contribution is -0.137. The first kappa shape index (κ1) is 26.7. The second-order valence-corrected chi connectivity index (χ2v) is 9.65. The van der Waals surface area contributed by atoms with E-state index in [1.165, 1.54) is 25.7 Å². The Morgan fingerprint density at radius 3 is 2.23 bits per heavy atom. The third-order valence-corrected chi connectivity index (χ3v) is 5.99. The van der Waals surface area contributed by atoms with E-state index in [-0.39, 0.29) is 5.56 Å². The second kappa shape index (κ2) is 10.8. The van der Waals surface area contributed by atoms with Gasteiger partial charge in [-0.3, -0.25) is 9.48 Å². The van der Waals surface area contributed by atoms with E-state index in [4.69, 9.17) is 5.10 Å². The highest BCUT2D eigenvalue weighted by atomic mass is 19.4. The number of benzene rings is 2. The zero-order chi connectivity index (χ0) is 25.8. The van der Waals surface area contributed by atoms with Crippen molar-refractivity contribution in [2.45, 2.75) is 84.0 Å². The molecule has 190 valence electrons. The third-order valence-electron chi connectivity index (χ3n) is 5.99. The van der Waals surface area contributed by atoms with Gasteiger partial charge in [0.1, 0.15) is 0 Å². The average molecular weight is 490 g/mol. The van der Waals surface area contributed by atoms with E-state index in [0.717, 1.165) is 48.0 Å². The lowest BCUT2D eigenvalue weighted by Crippen LogP contribution is -2.21. The van der Waals surface area contributed by atoms with E-state index < -0.39 is 23.2 Å². The van der Waals surface area contributed by atoms with Crippen LogP contribution in [-0.2, 0) is 11.8 Å². The van der Waals surface area contributed by atoms with Gasteiger partial charge < -0.3 is 10.4 Å². The standard InChI is InChI=1S/C24H26F3N3O2.C3H8/c1-23(2,32)19-13-20-16(14-30(29-20)18-6-4-3-5-7-18)12-21(19)28-22(31)15-8-10-17(11-9-15)24(25,26)27;1-3-2/h8-14,18,32H,3-7H2,1-2H3,(H,28,31);3H2,1-2H3. The van der Waals surface area contributed by atoms with E-state index in [0.29, 0.717) is 17.3 Å². The van der Waals surface area contributed by atoms with Gasteiger partial charge in [-0.2, -0.15) is 18.3 Å². The maximum absolute atomic E-state index is 12.8. The van der Waals surface area contributed by atoms with Crippen LogP contribution in [0.5, 0.6) is 0 Å². The fourth-order valence-corrected chi connectivity index (χ4v) is 4.24. The first-order valence-corrected chi connectivity index (χ1v) is 12.2. The van der Waals surface area contributed by atoms with Crippen LogP contribution < -0.4 is 5.32 Å². The zero-order valence-electron chi connectivity index (χ0n) is 20.7. The molecule has 0 unspecified atom stereocenters. The van der Waals surface area contributed by atoms with Crippen molar-refractivity contribution in [1.29, 1.82) is 0 Å². The number of hydrogen-bond acceptors (Lipinski definition) is 3. The molecule has 0 radical (unpaired) electrons. The number of alkyl halides is 3. The molecule has 1 fully saturated rings. The van der Waals surface area contributed by atoms with Crippen molar-refractivity contribution in [3.63, 3.8) is 0 Å². The average Bonchev–Trinajstić information content (AvgIpc) is 3.22. The minimum atomic E-state index is -4.47. The Morgan fingerprint density at radius 2 is 1.69 bits per heavy atom. The number of halogens is 3. The summed E-state index contributed by atoms with van der Waals surface area (Å²) in [6.07, 6.45) is 4.46. The molecule has 2 aromatic carbocycles. The lowest BCUT2D eigenvalue weighted by Gasteiger charge is -2.22. The van der Waals surface area contributed by atoms with Crippen molar-refractivity contribution in [1.82, 2.24) is 9.78 Å². The highest BCUT2D eigenvalue weighted by molar-refractivity contribution is 6.05. The van der Waals surface area contributed by atoms with Gasteiger partial charge >= 0.3 is 6.18 Å². The molecule has 1 aromatic heterocycles. The summed E-state index contributed by atoms with van der Waals surface area (Å²) < 4.78 is 40.4. The maximum Gasteiger partial charge on any atom is 0.416 e. The Balaban J connectivity index is 0.00000108. The number of carbonyl (C=O) groups is 1. The molecule has 1 heterocycles. The van der Waals surface area contributed by atoms with Crippen LogP contribution in [0.1, 0.15) is 93.7 Å². The van der Waals surface area contributed by atoms with E-state index in [1.807, 2.05) is 10.9 Å². The van der Waals surface area contributed by atoms with Gasteiger partial charge in [0.2, 0.25) is 0 Å². The van der Waals surface area contributed by atoms with Crippen LogP contribution in [0.15, 0.2) is 42.6 Å². The molecule has 1 aliphatic carbocycles. The SMILES string of the molecule is CC(C)(O)c1cc2nn(C3CCCCC3)cc2cc1NC(=O)c1ccc(C(F)(F)F)cc1.CCC. The molecule has 1 amide bonds. The predicted molar refractivity (Wildman–Crippen MR) is 132 cm³/mol. The number of anilines is 1. The number of carbonyl (C=O) groups excluding carboxylic acids is 1. The number of fused-ring (bicyclic) bond motifs is 1. The monoisotopic (exact) mass is 489 g/mol. The summed E-state index contributed by atoms with van der Waals surface area (Å²) in [5.74, 6) is -0.553. The largest absolute Gasteiger partial charge is 0.416 e. The molecule has 3 aromatic rings. The normalized spacial score (nSPS) is 15.0. The maximum atomic E-state index is 12.8. The number of aliphatic hydroxyl groups is 1. The van der Waals surface area contributed by atoms with Crippen LogP contribution in [-0.4, -0.2) is 20.8 Å². The quantitative estimate of drug-likeness (QED) is 0.400. The van der Waals surface area contributed by atoms with E-state index >= 15 is 0 Å². The number of nitrogens with one attached hydrogen (secondary N) is 1. The van der Waals surface area contributed by atoms with Gasteiger partial charge in [-0.25, -0.2) is 0 Å². The highest BCUT2D eigenvalue weighted by Gasteiger charge is 2.30. The number of aromatic nitrogens is 2. The molecular formula is C27H34F3N3O2. The lowest BCUT2D eigenvalue weighted by atomic mass is 9.95. The topological polar surface area (TPSA) is 67.2 Å². The van der Waals surface area contributed by atoms with Gasteiger partial charge in [0.05, 0.1) is 22.7 Å². The summed E-state index contributed by atoms with van der Waals surface area (Å²) in [4.78, 5) is 12.7. The third kappa shape index (κ3) is 6.63. The van der Waals surface area contributed by atoms with Crippen LogP contribution in [0.3, 0.4) is 0 Å². The van der Waals surface area contributed by atoms with E-state index in [2.05, 4.69) is 19.2 Å². The molecule has 8 heteroatoms. The fraction of sp³-hybridized carbons (Fsp3) is 0.481. The Bertz CT molecular complexity index is 1140. The summed E-state index contributed by atoms with van der Waals surface area (Å²) in [7, 11) is 0. The summed E-state index contributed by atoms with van der Waals surface area (Å²) in [5, 5.41) is 19.0. The van der Waals surface area contributed by atoms with Gasteiger partial charge in [-0.15, -0.1) is 0 Å². The van der Waals surface area contributed by atoms with Gasteiger partial charge in [0.15, 0.2) is 0 Å². The minimum absolute atomic E-state index is 0.0951. The van der Waals surface area contributed by atoms with Gasteiger partial charge in [-0.1, -0.05) is 39.5 Å². The molecule has 5 nitrogen and oxygen atoms in total. The van der Waals surface area contributed by atoms with Crippen LogP contribution in [0.25, 0.3) is 10.9 Å². The molecule has 0 bridgehead atoms. The molecule has 35 heavy (non-hydrogen) atoms. The van der Waals surface area contributed by atoms with Crippen LogP contribution >= 0.6 is 0 Å². The van der Waals surface area contributed by atoms with E-state index in [1.54, 1.807) is 26.0 Å². The summed E-state index contributed by atoms with van der Waals surface area (Å²) in [6, 6.07) is 7.90. The smallest absolute Gasteiger partial charge is 0.386 e. The van der Waals surface area contributed by atoms with Crippen molar-refractivity contribution in [2.24, 2.45) is 0 Å². The van der Waals surface area contributed by atoms with Crippen molar-refractivity contribution in [3.05, 3.63) is 59.3 Å². The summed E-state index contributed by atoms with van der Waals surface area (Å²) in [6.45, 7) is 7.47. The van der Waals surface area contributed by atoms with E-state index in [9.17, 15) is 23.1 Å². The van der Waals surface area contributed by atoms with Crippen LogP contribution in [0, 0.1) is 0 Å². The molecule has 1 aliphatic rings. The molecule has 1 saturated carbocycles. The summed E-state index contributed by atoms with van der Waals surface area (Å²) in [5.41, 5.74) is -0.371. The zero-order valence-corrected chi connectivity index (χ0v) is 20.7. The Kier molecular flexibility index (Phi) is 8.26. The van der Waals surface area contributed by atoms with Crippen LogP contribution in [0.4, 0.5) is 18.9 Å². The number of nitrogens with zero attached hydrogens (tertiary/aromatic N) is 2. The fourth-order valence-electron chi connectivity index (χ4n) is 4.24. The number of hydrogen-bond donors (Lipinski definition) is 2. The predicted octanol–water partition coefficient (Wildman–Crippen LogP) is 7.46. The van der Waals surface area contributed by atoms with Crippen molar-refractivity contribution < 1.29 is 23.1 Å². The molecule has 0 atom stereocenters. The van der Waals surface area contributed by atoms with Crippen molar-refractivity contribution in [3.8, 4) is 0 Å². The Morgan fingerprint density at radius 1 is 1.09 bits per heavy atom. The van der Waals surface area contributed by atoms with Gasteiger partial charge in [0, 0.05) is 28.4 Å².